The molecule has 124 valence electrons. The lowest BCUT2D eigenvalue weighted by Crippen LogP contribution is -2.53. The van der Waals surface area contributed by atoms with E-state index in [9.17, 15) is 0 Å². The van der Waals surface area contributed by atoms with Crippen LogP contribution in [0.25, 0.3) is 0 Å². The van der Waals surface area contributed by atoms with Crippen molar-refractivity contribution in [3.63, 3.8) is 0 Å². The summed E-state index contributed by atoms with van der Waals surface area (Å²) in [6.07, 6.45) is 10.0. The van der Waals surface area contributed by atoms with Gasteiger partial charge in [-0.15, -0.1) is 0 Å². The smallest absolute Gasteiger partial charge is 0.110 e. The second kappa shape index (κ2) is 8.31. The van der Waals surface area contributed by atoms with Crippen molar-refractivity contribution in [2.75, 3.05) is 0 Å². The predicted molar refractivity (Wildman–Crippen MR) is 99.5 cm³/mol. The normalized spacial score (nSPS) is 19.8. The van der Waals surface area contributed by atoms with Crippen LogP contribution in [0.5, 0.6) is 0 Å². The molecule has 1 aromatic carbocycles. The topological polar surface area (TPSA) is 27.6 Å². The minimum absolute atomic E-state index is 0.467. The lowest BCUT2D eigenvalue weighted by molar-refractivity contribution is -0.428. The highest BCUT2D eigenvalue weighted by atomic mass is 28.3. The summed E-state index contributed by atoms with van der Waals surface area (Å²) in [6, 6.07) is 12.9. The molecule has 1 fully saturated rings. The molecule has 1 aromatic rings. The Morgan fingerprint density at radius 3 is 2.23 bits per heavy atom. The maximum absolute atomic E-state index is 4.43. The van der Waals surface area contributed by atoms with Crippen LogP contribution in [0.2, 0.25) is 25.7 Å². The van der Waals surface area contributed by atoms with Crippen molar-refractivity contribution in [2.24, 2.45) is 11.8 Å². The third kappa shape index (κ3) is 5.89. The first-order chi connectivity index (χ1) is 10.5. The molecule has 1 nitrogen and oxygen atoms in total. The van der Waals surface area contributed by atoms with Gasteiger partial charge in [0.05, 0.1) is 0 Å². The number of benzene rings is 1. The molecule has 2 rings (SSSR count). The van der Waals surface area contributed by atoms with E-state index in [1.165, 1.54) is 56.6 Å². The van der Waals surface area contributed by atoms with Gasteiger partial charge in [-0.1, -0.05) is 88.1 Å². The fraction of sp³-hybridized carbons (Fsp3) is 0.700. The maximum Gasteiger partial charge on any atom is 0.110 e. The summed E-state index contributed by atoms with van der Waals surface area (Å²) in [5.41, 5.74) is 5.85. The van der Waals surface area contributed by atoms with Crippen molar-refractivity contribution < 1.29 is 5.73 Å². The van der Waals surface area contributed by atoms with Crippen LogP contribution in [0.1, 0.15) is 56.6 Å². The van der Waals surface area contributed by atoms with Crippen LogP contribution < -0.4 is 5.73 Å². The minimum Gasteiger partial charge on any atom is -0.351 e. The molecule has 3 N–H and O–H groups in total. The lowest BCUT2D eigenvalue weighted by Gasteiger charge is -2.34. The Kier molecular flexibility index (Phi) is 6.70. The average molecular weight is 319 g/mol. The van der Waals surface area contributed by atoms with Gasteiger partial charge >= 0.3 is 0 Å². The Labute approximate surface area is 138 Å². The number of hydrogen-bond donors (Lipinski definition) is 1. The highest BCUT2D eigenvalue weighted by Crippen LogP contribution is 2.38. The zero-order chi connectivity index (χ0) is 16.0. The molecule has 0 spiro atoms. The monoisotopic (exact) mass is 318 g/mol. The first-order valence-electron chi connectivity index (χ1n) is 9.34. The predicted octanol–water partition coefficient (Wildman–Crippen LogP) is 5.28. The summed E-state index contributed by atoms with van der Waals surface area (Å²) in [4.78, 5) is 0. The summed E-state index contributed by atoms with van der Waals surface area (Å²) in [7, 11) is -0.976. The summed E-state index contributed by atoms with van der Waals surface area (Å²) in [6.45, 7) is 7.63. The minimum atomic E-state index is -0.976. The van der Waals surface area contributed by atoms with E-state index >= 15 is 0 Å². The van der Waals surface area contributed by atoms with E-state index in [2.05, 4.69) is 55.7 Å². The number of quaternary nitrogens is 1. The van der Waals surface area contributed by atoms with Gasteiger partial charge in [0.2, 0.25) is 0 Å². The van der Waals surface area contributed by atoms with Crippen molar-refractivity contribution in [2.45, 2.75) is 76.7 Å². The van der Waals surface area contributed by atoms with E-state index in [0.29, 0.717) is 6.04 Å². The molecular formula is C20H36NSi+. The van der Waals surface area contributed by atoms with Crippen LogP contribution in [0.3, 0.4) is 0 Å². The summed E-state index contributed by atoms with van der Waals surface area (Å²) in [5, 5.41) is 0. The zero-order valence-electron chi connectivity index (χ0n) is 15.0. The van der Waals surface area contributed by atoms with Crippen molar-refractivity contribution in [1.82, 2.24) is 0 Å². The van der Waals surface area contributed by atoms with Gasteiger partial charge in [-0.25, -0.2) is 0 Å². The van der Waals surface area contributed by atoms with Crippen LogP contribution in [-0.2, 0) is 0 Å². The number of rotatable bonds is 7. The van der Waals surface area contributed by atoms with Gasteiger partial charge in [0.25, 0.3) is 0 Å². The molecule has 0 heterocycles. The van der Waals surface area contributed by atoms with Crippen LogP contribution in [0, 0.1) is 11.8 Å². The molecule has 1 aliphatic carbocycles. The molecule has 1 aliphatic rings. The standard InChI is InChI=1S/C20H35NSi/c1-22(2,3)16-19(17-10-6-4-7-11-17)14-15-20(21)18-12-8-5-9-13-18/h5,8-9,12-13,17,19-20H,4,6-7,10-11,14-16,21H2,1-3H3/p+1. The maximum atomic E-state index is 4.43. The second-order valence-corrected chi connectivity index (χ2v) is 14.1. The van der Waals surface area contributed by atoms with Crippen molar-refractivity contribution in [3.8, 4) is 0 Å². The van der Waals surface area contributed by atoms with E-state index in [0.717, 1.165) is 11.8 Å². The van der Waals surface area contributed by atoms with E-state index < -0.39 is 8.07 Å². The van der Waals surface area contributed by atoms with Crippen molar-refractivity contribution in [1.29, 1.82) is 0 Å². The number of hydrogen-bond acceptors (Lipinski definition) is 0. The first kappa shape index (κ1) is 17.7. The van der Waals surface area contributed by atoms with Gasteiger partial charge in [0.1, 0.15) is 6.04 Å². The molecule has 0 aliphatic heterocycles. The van der Waals surface area contributed by atoms with E-state index in [4.69, 9.17) is 0 Å². The SMILES string of the molecule is C[Si](C)(C)CC(CCC([NH3+])c1ccccc1)C1CCCCC1. The summed E-state index contributed by atoms with van der Waals surface area (Å²) >= 11 is 0. The highest BCUT2D eigenvalue weighted by molar-refractivity contribution is 6.76. The van der Waals surface area contributed by atoms with Crippen LogP contribution in [-0.4, -0.2) is 8.07 Å². The van der Waals surface area contributed by atoms with E-state index in [1.54, 1.807) is 0 Å². The van der Waals surface area contributed by atoms with Gasteiger partial charge in [0, 0.05) is 20.1 Å². The Morgan fingerprint density at radius 2 is 1.64 bits per heavy atom. The lowest BCUT2D eigenvalue weighted by atomic mass is 9.78. The van der Waals surface area contributed by atoms with Gasteiger partial charge < -0.3 is 5.73 Å². The van der Waals surface area contributed by atoms with E-state index in [-0.39, 0.29) is 0 Å². The summed E-state index contributed by atoms with van der Waals surface area (Å²) < 4.78 is 0. The van der Waals surface area contributed by atoms with Crippen LogP contribution in [0.4, 0.5) is 0 Å². The largest absolute Gasteiger partial charge is 0.351 e. The van der Waals surface area contributed by atoms with Gasteiger partial charge in [-0.3, -0.25) is 0 Å². The third-order valence-electron chi connectivity index (χ3n) is 5.35. The molecule has 2 unspecified atom stereocenters. The quantitative estimate of drug-likeness (QED) is 0.662. The fourth-order valence-electron chi connectivity index (χ4n) is 4.20. The molecule has 22 heavy (non-hydrogen) atoms. The van der Waals surface area contributed by atoms with Crippen molar-refractivity contribution in [3.05, 3.63) is 35.9 Å². The molecule has 0 radical (unpaired) electrons. The molecule has 0 aromatic heterocycles. The molecule has 0 saturated heterocycles. The van der Waals surface area contributed by atoms with Crippen LogP contribution in [0.15, 0.2) is 30.3 Å². The van der Waals surface area contributed by atoms with Gasteiger partial charge in [0.15, 0.2) is 0 Å². The van der Waals surface area contributed by atoms with Gasteiger partial charge in [-0.05, 0) is 18.3 Å². The van der Waals surface area contributed by atoms with Gasteiger partial charge in [-0.2, -0.15) is 0 Å². The molecule has 0 amide bonds. The van der Waals surface area contributed by atoms with Crippen molar-refractivity contribution >= 4 is 8.07 Å². The molecule has 1 saturated carbocycles. The molecule has 2 heteroatoms. The summed E-state index contributed by atoms with van der Waals surface area (Å²) in [5.74, 6) is 1.96. The Hall–Kier alpha value is -0.603. The Balaban J connectivity index is 1.93. The Morgan fingerprint density at radius 1 is 1.00 bits per heavy atom. The first-order valence-corrected chi connectivity index (χ1v) is 13.0. The molecule has 0 bridgehead atoms. The molecular weight excluding hydrogens is 282 g/mol. The average Bonchev–Trinajstić information content (AvgIpc) is 2.52. The zero-order valence-corrected chi connectivity index (χ0v) is 16.0. The Bertz CT molecular complexity index is 417. The molecule has 2 atom stereocenters. The van der Waals surface area contributed by atoms with E-state index in [1.807, 2.05) is 0 Å². The highest BCUT2D eigenvalue weighted by Gasteiger charge is 2.29. The van der Waals surface area contributed by atoms with Crippen LogP contribution >= 0.6 is 0 Å². The second-order valence-electron chi connectivity index (χ2n) is 8.61. The third-order valence-corrected chi connectivity index (χ3v) is 7.10. The fourth-order valence-corrected chi connectivity index (χ4v) is 6.31.